The van der Waals surface area contributed by atoms with Crippen LogP contribution >= 0.6 is 7.94 Å². The van der Waals surface area contributed by atoms with E-state index in [1.54, 1.807) is 0 Å². The topological polar surface area (TPSA) is 60.7 Å². The summed E-state index contributed by atoms with van der Waals surface area (Å²) in [6.45, 7) is 6.90. The zero-order chi connectivity index (χ0) is 46.3. The molecule has 0 aliphatic carbocycles. The highest BCUT2D eigenvalue weighted by molar-refractivity contribution is 7.66. The van der Waals surface area contributed by atoms with Crippen LogP contribution in [-0.4, -0.2) is 14.7 Å². The van der Waals surface area contributed by atoms with E-state index in [4.69, 9.17) is 0 Å². The maximum absolute atomic E-state index is 10.7. The van der Waals surface area contributed by atoms with Gasteiger partial charge in [0.25, 0.3) is 0 Å². The van der Waals surface area contributed by atoms with Gasteiger partial charge in [0.15, 0.2) is 5.30 Å². The molecular formula is C60H116O3P+. The van der Waals surface area contributed by atoms with Gasteiger partial charge >= 0.3 is 7.94 Å². The van der Waals surface area contributed by atoms with Crippen molar-refractivity contribution in [2.75, 3.05) is 0 Å². The fourth-order valence-electron chi connectivity index (χ4n) is 10.4. The predicted octanol–water partition coefficient (Wildman–Crippen LogP) is 20.5. The number of hydrogen-bond acceptors (Lipinski definition) is 3. The first kappa shape index (κ1) is 61.5. The third-order valence-electron chi connectivity index (χ3n) is 14.7. The monoisotopic (exact) mass is 916 g/mol. The van der Waals surface area contributed by atoms with Crippen LogP contribution in [-0.2, 0) is 19.3 Å². The molecule has 4 heteroatoms. The Morgan fingerprint density at radius 3 is 0.688 bits per heavy atom. The van der Waals surface area contributed by atoms with Crippen molar-refractivity contribution in [3.05, 3.63) is 28.8 Å². The normalized spacial score (nSPS) is 12.0. The van der Waals surface area contributed by atoms with Crippen LogP contribution < -0.4 is 5.30 Å². The van der Waals surface area contributed by atoms with Crippen LogP contribution in [0.25, 0.3) is 0 Å². The molecule has 0 bridgehead atoms. The minimum absolute atomic E-state index is 0.440. The van der Waals surface area contributed by atoms with Gasteiger partial charge < -0.3 is 0 Å². The van der Waals surface area contributed by atoms with Gasteiger partial charge in [-0.3, -0.25) is 0 Å². The van der Waals surface area contributed by atoms with Crippen LogP contribution in [0, 0.1) is 0 Å². The SMILES string of the molecule is CCCCCCCCCCCCCCCCCCc1ccc([P+](O)(O)O)c(CCCCCCCCCCCCCCCCCC)c1CCCCCCCCCCCCCCCCCC. The molecule has 0 unspecified atom stereocenters. The molecule has 0 aliphatic rings. The second-order valence-corrected chi connectivity index (χ2v) is 22.5. The Morgan fingerprint density at radius 2 is 0.453 bits per heavy atom. The summed E-state index contributed by atoms with van der Waals surface area (Å²) in [7, 11) is -4.08. The number of aryl methyl sites for hydroxylation is 1. The second kappa shape index (κ2) is 47.6. The maximum Gasteiger partial charge on any atom is 0.441 e. The highest BCUT2D eigenvalue weighted by Gasteiger charge is 2.38. The average molecular weight is 917 g/mol. The molecular weight excluding hydrogens is 800 g/mol. The Morgan fingerprint density at radius 1 is 0.250 bits per heavy atom. The lowest BCUT2D eigenvalue weighted by molar-refractivity contribution is 0.346. The summed E-state index contributed by atoms with van der Waals surface area (Å²) in [4.78, 5) is 32.0. The van der Waals surface area contributed by atoms with Gasteiger partial charge in [-0.25, -0.2) is 0 Å². The van der Waals surface area contributed by atoms with Gasteiger partial charge in [-0.2, -0.15) is 14.7 Å². The van der Waals surface area contributed by atoms with Gasteiger partial charge in [0, 0.05) is 5.56 Å². The molecule has 0 heterocycles. The molecule has 1 aromatic carbocycles. The van der Waals surface area contributed by atoms with E-state index in [0.29, 0.717) is 5.30 Å². The minimum atomic E-state index is -4.08. The van der Waals surface area contributed by atoms with Crippen molar-refractivity contribution in [1.82, 2.24) is 0 Å². The van der Waals surface area contributed by atoms with E-state index in [1.165, 1.54) is 306 Å². The van der Waals surface area contributed by atoms with Crippen LogP contribution in [0.1, 0.15) is 346 Å². The quantitative estimate of drug-likeness (QED) is 0.0451. The lowest BCUT2D eigenvalue weighted by Crippen LogP contribution is -2.19. The van der Waals surface area contributed by atoms with E-state index in [1.807, 2.05) is 6.07 Å². The van der Waals surface area contributed by atoms with Gasteiger partial charge in [-0.05, 0) is 55.7 Å². The smallest absolute Gasteiger partial charge is 0.189 e. The van der Waals surface area contributed by atoms with E-state index >= 15 is 0 Å². The number of unbranched alkanes of at least 4 members (excludes halogenated alkanes) is 45. The molecule has 64 heavy (non-hydrogen) atoms. The highest BCUT2D eigenvalue weighted by Crippen LogP contribution is 2.45. The molecule has 1 aromatic rings. The summed E-state index contributed by atoms with van der Waals surface area (Å²) in [6.07, 6.45) is 68.8. The van der Waals surface area contributed by atoms with E-state index < -0.39 is 7.94 Å². The average Bonchev–Trinajstić information content (AvgIpc) is 3.28. The molecule has 0 atom stereocenters. The Labute approximate surface area is 403 Å². The second-order valence-electron chi connectivity index (χ2n) is 20.9. The Kier molecular flexibility index (Phi) is 45.8. The fraction of sp³-hybridized carbons (Fsp3) is 0.900. The molecule has 0 amide bonds. The van der Waals surface area contributed by atoms with Crippen molar-refractivity contribution in [2.24, 2.45) is 0 Å². The molecule has 0 fully saturated rings. The molecule has 0 spiro atoms. The number of hydrogen-bond donors (Lipinski definition) is 3. The van der Waals surface area contributed by atoms with E-state index in [0.717, 1.165) is 37.7 Å². The third-order valence-corrected chi connectivity index (χ3v) is 15.8. The predicted molar refractivity (Wildman–Crippen MR) is 289 cm³/mol. The zero-order valence-electron chi connectivity index (χ0n) is 44.0. The Hall–Kier alpha value is -0.470. The van der Waals surface area contributed by atoms with Crippen molar-refractivity contribution in [3.8, 4) is 0 Å². The Bertz CT molecular complexity index is 1080. The van der Waals surface area contributed by atoms with Crippen LogP contribution in [0.15, 0.2) is 12.1 Å². The van der Waals surface area contributed by atoms with Crippen molar-refractivity contribution in [3.63, 3.8) is 0 Å². The summed E-state index contributed by atoms with van der Waals surface area (Å²) in [5.41, 5.74) is 3.85. The van der Waals surface area contributed by atoms with Crippen LogP contribution in [0.2, 0.25) is 0 Å². The van der Waals surface area contributed by atoms with Gasteiger partial charge in [0.2, 0.25) is 0 Å². The van der Waals surface area contributed by atoms with Crippen LogP contribution in [0.5, 0.6) is 0 Å². The largest absolute Gasteiger partial charge is 0.441 e. The van der Waals surface area contributed by atoms with E-state index in [2.05, 4.69) is 26.8 Å². The molecule has 0 aromatic heterocycles. The first-order valence-electron chi connectivity index (χ1n) is 29.7. The summed E-state index contributed by atoms with van der Waals surface area (Å²) >= 11 is 0. The zero-order valence-corrected chi connectivity index (χ0v) is 44.9. The molecule has 3 nitrogen and oxygen atoms in total. The molecule has 0 saturated carbocycles. The van der Waals surface area contributed by atoms with Crippen molar-refractivity contribution >= 4 is 13.2 Å². The lowest BCUT2D eigenvalue weighted by Gasteiger charge is -2.19. The Balaban J connectivity index is 2.54. The summed E-state index contributed by atoms with van der Waals surface area (Å²) in [6, 6.07) is 4.03. The number of rotatable bonds is 52. The minimum Gasteiger partial charge on any atom is -0.189 e. The molecule has 378 valence electrons. The molecule has 0 saturated heterocycles. The molecule has 0 aliphatic heterocycles. The van der Waals surface area contributed by atoms with E-state index in [9.17, 15) is 14.7 Å². The van der Waals surface area contributed by atoms with Gasteiger partial charge in [-0.1, -0.05) is 316 Å². The first-order chi connectivity index (χ1) is 31.5. The fourth-order valence-corrected chi connectivity index (χ4v) is 11.3. The summed E-state index contributed by atoms with van der Waals surface area (Å²) in [5, 5.41) is 0.440. The van der Waals surface area contributed by atoms with Crippen molar-refractivity contribution in [1.29, 1.82) is 0 Å². The van der Waals surface area contributed by atoms with Crippen LogP contribution in [0.4, 0.5) is 0 Å². The lowest BCUT2D eigenvalue weighted by atomic mass is 9.90. The standard InChI is InChI=1S/C60H116O3P/c1-4-7-10-13-16-19-22-25-28-31-34-37-40-43-46-49-52-57-55-56-60(64(61,62)63)59(54-51-48-45-42-39-36-33-30-27-24-21-18-15-12-9-6-3)58(57)53-50-47-44-41-38-35-32-29-26-23-20-17-14-11-8-5-2/h55-56,61-63H,4-54H2,1-3H3/q+1. The van der Waals surface area contributed by atoms with Crippen molar-refractivity contribution < 1.29 is 14.7 Å². The van der Waals surface area contributed by atoms with Crippen molar-refractivity contribution in [2.45, 2.75) is 348 Å². The number of benzene rings is 1. The van der Waals surface area contributed by atoms with Crippen LogP contribution in [0.3, 0.4) is 0 Å². The first-order valence-corrected chi connectivity index (χ1v) is 31.3. The van der Waals surface area contributed by atoms with Gasteiger partial charge in [0.05, 0.1) is 0 Å². The molecule has 1 rings (SSSR count). The summed E-state index contributed by atoms with van der Waals surface area (Å²) < 4.78 is 0. The van der Waals surface area contributed by atoms with Gasteiger partial charge in [0.1, 0.15) is 0 Å². The molecule has 3 N–H and O–H groups in total. The molecule has 0 radical (unpaired) electrons. The van der Waals surface area contributed by atoms with E-state index in [-0.39, 0.29) is 0 Å². The summed E-state index contributed by atoms with van der Waals surface area (Å²) in [5.74, 6) is 0. The van der Waals surface area contributed by atoms with Gasteiger partial charge in [-0.15, -0.1) is 0 Å². The highest BCUT2D eigenvalue weighted by atomic mass is 31.2. The maximum atomic E-state index is 10.7. The third kappa shape index (κ3) is 38.5.